The Balaban J connectivity index is 0.000000980. The molecule has 0 bridgehead atoms. The van der Waals surface area contributed by atoms with Crippen LogP contribution in [0.1, 0.15) is 19.4 Å². The molecule has 0 amide bonds. The Labute approximate surface area is 89.8 Å². The van der Waals surface area contributed by atoms with Crippen LogP contribution in [0.25, 0.3) is 0 Å². The first-order valence-electron chi connectivity index (χ1n) is 4.26. The molecule has 0 saturated heterocycles. The van der Waals surface area contributed by atoms with Crippen LogP contribution in [0.15, 0.2) is 18.2 Å². The summed E-state index contributed by atoms with van der Waals surface area (Å²) in [4.78, 5) is 0. The molecule has 0 unspecified atom stereocenters. The van der Waals surface area contributed by atoms with Gasteiger partial charge in [-0.2, -0.15) is 0 Å². The smallest absolute Gasteiger partial charge is 0.423 e. The number of hydrogen-bond acceptors (Lipinski definition) is 3. The van der Waals surface area contributed by atoms with Crippen molar-refractivity contribution in [3.8, 4) is 0 Å². The molecule has 14 heavy (non-hydrogen) atoms. The molecule has 0 aliphatic carbocycles. The normalized spacial score (nSPS) is 17.5. The van der Waals surface area contributed by atoms with E-state index in [9.17, 15) is 5.02 Å². The van der Waals surface area contributed by atoms with Crippen LogP contribution in [0.2, 0.25) is 0 Å². The maximum absolute atomic E-state index is 9.56. The minimum atomic E-state index is -0.839. The van der Waals surface area contributed by atoms with Gasteiger partial charge in [0.2, 0.25) is 0 Å². The Morgan fingerprint density at radius 1 is 1.43 bits per heavy atom. The Hall–Kier alpha value is -0.705. The predicted molar refractivity (Wildman–Crippen MR) is 59.8 cm³/mol. The van der Waals surface area contributed by atoms with E-state index in [4.69, 9.17) is 10.4 Å². The Bertz CT molecular complexity index is 357. The van der Waals surface area contributed by atoms with Gasteiger partial charge in [-0.1, -0.05) is 6.07 Å². The van der Waals surface area contributed by atoms with Crippen LogP contribution in [0, 0.1) is 0 Å². The maximum Gasteiger partial charge on any atom is 0.492 e. The fourth-order valence-corrected chi connectivity index (χ4v) is 1.74. The molecule has 0 aromatic heterocycles. The summed E-state index contributed by atoms with van der Waals surface area (Å²) >= 11 is 0. The van der Waals surface area contributed by atoms with Crippen molar-refractivity contribution in [2.24, 2.45) is 0 Å². The molecule has 2 rings (SSSR count). The van der Waals surface area contributed by atoms with Gasteiger partial charge in [0.15, 0.2) is 0 Å². The molecule has 1 aliphatic rings. The largest absolute Gasteiger partial charge is 0.492 e. The number of fused-ring (bicyclic) bond motifs is 1. The molecule has 0 spiro atoms. The zero-order valence-electron chi connectivity index (χ0n) is 8.15. The number of anilines is 1. The highest BCUT2D eigenvalue weighted by Gasteiger charge is 2.40. The second-order valence-corrected chi connectivity index (χ2v) is 3.83. The number of nitrogen functional groups attached to an aromatic ring is 1. The highest BCUT2D eigenvalue weighted by Crippen LogP contribution is 2.29. The van der Waals surface area contributed by atoms with Gasteiger partial charge < -0.3 is 15.4 Å². The summed E-state index contributed by atoms with van der Waals surface area (Å²) in [6.07, 6.45) is 0. The molecule has 3 N–H and O–H groups in total. The van der Waals surface area contributed by atoms with Crippen LogP contribution in [-0.2, 0) is 10.3 Å². The molecule has 0 saturated carbocycles. The monoisotopic (exact) mass is 213 g/mol. The second kappa shape index (κ2) is 3.46. The van der Waals surface area contributed by atoms with E-state index in [1.807, 2.05) is 26.0 Å². The van der Waals surface area contributed by atoms with E-state index in [-0.39, 0.29) is 12.4 Å². The molecule has 0 atom stereocenters. The Morgan fingerprint density at radius 3 is 2.71 bits per heavy atom. The highest BCUT2D eigenvalue weighted by atomic mass is 35.5. The fourth-order valence-electron chi connectivity index (χ4n) is 1.74. The van der Waals surface area contributed by atoms with E-state index < -0.39 is 12.7 Å². The van der Waals surface area contributed by atoms with Crippen LogP contribution < -0.4 is 11.2 Å². The fraction of sp³-hybridized carbons (Fsp3) is 0.333. The molecule has 3 nitrogen and oxygen atoms in total. The van der Waals surface area contributed by atoms with Gasteiger partial charge in [-0.05, 0) is 37.0 Å². The summed E-state index contributed by atoms with van der Waals surface area (Å²) < 4.78 is 5.37. The molecule has 0 fully saturated rings. The maximum atomic E-state index is 9.56. The van der Waals surface area contributed by atoms with E-state index >= 15 is 0 Å². The summed E-state index contributed by atoms with van der Waals surface area (Å²) in [5.41, 5.74) is 7.64. The summed E-state index contributed by atoms with van der Waals surface area (Å²) in [5, 5.41) is 9.56. The van der Waals surface area contributed by atoms with E-state index in [0.717, 1.165) is 11.0 Å². The van der Waals surface area contributed by atoms with E-state index in [1.165, 1.54) is 0 Å². The number of benzene rings is 1. The zero-order valence-corrected chi connectivity index (χ0v) is 8.97. The molecule has 1 heterocycles. The van der Waals surface area contributed by atoms with E-state index in [2.05, 4.69) is 0 Å². The standard InChI is InChI=1S/C9H12BNO2.ClH/c1-9(2)7-4-3-6(11)5-8(7)10(12)13-9;/h3-5,12H,11H2,1-2H3;1H. The van der Waals surface area contributed by atoms with Gasteiger partial charge in [0, 0.05) is 5.69 Å². The van der Waals surface area contributed by atoms with Crippen molar-refractivity contribution in [3.05, 3.63) is 23.8 Å². The molecule has 1 aromatic carbocycles. The number of rotatable bonds is 0. The first kappa shape index (κ1) is 11.4. The molecule has 0 radical (unpaired) electrons. The first-order chi connectivity index (χ1) is 6.00. The molecular weight excluding hydrogens is 200 g/mol. The lowest BCUT2D eigenvalue weighted by Crippen LogP contribution is -2.28. The van der Waals surface area contributed by atoms with E-state index in [1.54, 1.807) is 6.07 Å². The van der Waals surface area contributed by atoms with Gasteiger partial charge in [0.1, 0.15) is 0 Å². The summed E-state index contributed by atoms with van der Waals surface area (Å²) in [6.45, 7) is 3.86. The van der Waals surface area contributed by atoms with Crippen molar-refractivity contribution in [2.45, 2.75) is 19.4 Å². The van der Waals surface area contributed by atoms with Crippen molar-refractivity contribution >= 4 is 30.7 Å². The van der Waals surface area contributed by atoms with Crippen molar-refractivity contribution in [2.75, 3.05) is 5.73 Å². The number of halogens is 1. The quantitative estimate of drug-likeness (QED) is 0.491. The van der Waals surface area contributed by atoms with Crippen LogP contribution in [0.4, 0.5) is 5.69 Å². The van der Waals surface area contributed by atoms with Crippen molar-refractivity contribution < 1.29 is 9.68 Å². The van der Waals surface area contributed by atoms with Crippen molar-refractivity contribution in [1.29, 1.82) is 0 Å². The van der Waals surface area contributed by atoms with Crippen molar-refractivity contribution in [3.63, 3.8) is 0 Å². The van der Waals surface area contributed by atoms with Gasteiger partial charge in [0.25, 0.3) is 0 Å². The zero-order chi connectivity index (χ0) is 9.64. The average molecular weight is 213 g/mol. The van der Waals surface area contributed by atoms with Crippen molar-refractivity contribution in [1.82, 2.24) is 0 Å². The predicted octanol–water partition coefficient (Wildman–Crippen LogP) is 0.643. The summed E-state index contributed by atoms with van der Waals surface area (Å²) in [6, 6.07) is 5.48. The number of nitrogens with two attached hydrogens (primary N) is 1. The lowest BCUT2D eigenvalue weighted by atomic mass is 9.78. The van der Waals surface area contributed by atoms with Gasteiger partial charge >= 0.3 is 7.12 Å². The lowest BCUT2D eigenvalue weighted by molar-refractivity contribution is 0.101. The third-order valence-corrected chi connectivity index (χ3v) is 2.40. The van der Waals surface area contributed by atoms with Crippen LogP contribution in [-0.4, -0.2) is 12.1 Å². The van der Waals surface area contributed by atoms with Crippen LogP contribution in [0.3, 0.4) is 0 Å². The average Bonchev–Trinajstić information content (AvgIpc) is 2.22. The lowest BCUT2D eigenvalue weighted by Gasteiger charge is -2.19. The molecule has 76 valence electrons. The van der Waals surface area contributed by atoms with Gasteiger partial charge in [0.05, 0.1) is 5.60 Å². The minimum absolute atomic E-state index is 0. The minimum Gasteiger partial charge on any atom is -0.423 e. The molecule has 5 heteroatoms. The Kier molecular flexibility index (Phi) is 2.81. The third kappa shape index (κ3) is 1.61. The highest BCUT2D eigenvalue weighted by molar-refractivity contribution is 6.62. The molecular formula is C9H13BClNO2. The number of hydrogen-bond donors (Lipinski definition) is 2. The van der Waals surface area contributed by atoms with Crippen LogP contribution in [0.5, 0.6) is 0 Å². The SMILES string of the molecule is CC1(C)OB(O)c2cc(N)ccc21.Cl. The summed E-state index contributed by atoms with van der Waals surface area (Å²) in [7, 11) is -0.839. The Morgan fingerprint density at radius 2 is 2.07 bits per heavy atom. The third-order valence-electron chi connectivity index (χ3n) is 2.40. The van der Waals surface area contributed by atoms with Crippen LogP contribution >= 0.6 is 12.4 Å². The van der Waals surface area contributed by atoms with E-state index in [0.29, 0.717) is 5.69 Å². The van der Waals surface area contributed by atoms with Gasteiger partial charge in [-0.3, -0.25) is 0 Å². The first-order valence-corrected chi connectivity index (χ1v) is 4.26. The second-order valence-electron chi connectivity index (χ2n) is 3.83. The topological polar surface area (TPSA) is 55.5 Å². The molecule has 1 aromatic rings. The molecule has 1 aliphatic heterocycles. The summed E-state index contributed by atoms with van der Waals surface area (Å²) in [5.74, 6) is 0. The van der Waals surface area contributed by atoms with Gasteiger partial charge in [-0.15, -0.1) is 12.4 Å². The van der Waals surface area contributed by atoms with Gasteiger partial charge in [-0.25, -0.2) is 0 Å².